The molecule has 2 rings (SSSR count). The number of allylic oxidation sites excluding steroid dienone is 1. The first-order valence-electron chi connectivity index (χ1n) is 3.75. The minimum absolute atomic E-state index is 0.867. The van der Waals surface area contributed by atoms with Crippen molar-refractivity contribution >= 4 is 6.08 Å². The van der Waals surface area contributed by atoms with Crippen molar-refractivity contribution in [1.29, 1.82) is 0 Å². The van der Waals surface area contributed by atoms with Crippen molar-refractivity contribution in [3.8, 4) is 0 Å². The summed E-state index contributed by atoms with van der Waals surface area (Å²) in [5.74, 6) is 0.867. The molecule has 2 nitrogen and oxygen atoms in total. The largest absolute Gasteiger partial charge is 0.241 e. The number of hydrogen-bond donors (Lipinski definition) is 0. The molecule has 1 aromatic rings. The standard InChI is InChI=1S/C9H10N2/c1-6-3-8-5-10-7(2)11-9(8)4-6/h3,5H,4H2,1-2H3. The lowest BCUT2D eigenvalue weighted by molar-refractivity contribution is 0.973. The van der Waals surface area contributed by atoms with Crippen molar-refractivity contribution < 1.29 is 0 Å². The predicted molar refractivity (Wildman–Crippen MR) is 44.1 cm³/mol. The van der Waals surface area contributed by atoms with E-state index in [1.807, 2.05) is 13.1 Å². The van der Waals surface area contributed by atoms with Crippen LogP contribution in [0.4, 0.5) is 0 Å². The molecule has 0 aliphatic heterocycles. The number of aromatic nitrogens is 2. The van der Waals surface area contributed by atoms with Crippen LogP contribution in [0, 0.1) is 6.92 Å². The molecule has 0 atom stereocenters. The normalized spacial score (nSPS) is 14.5. The third-order valence-electron chi connectivity index (χ3n) is 1.87. The molecule has 0 fully saturated rings. The smallest absolute Gasteiger partial charge is 0.125 e. The Morgan fingerprint density at radius 3 is 3.00 bits per heavy atom. The second-order valence-corrected chi connectivity index (χ2v) is 2.99. The molecular weight excluding hydrogens is 136 g/mol. The topological polar surface area (TPSA) is 25.8 Å². The minimum Gasteiger partial charge on any atom is -0.241 e. The minimum atomic E-state index is 0.867. The monoisotopic (exact) mass is 146 g/mol. The Kier molecular flexibility index (Phi) is 1.28. The van der Waals surface area contributed by atoms with Crippen molar-refractivity contribution in [2.45, 2.75) is 20.3 Å². The molecule has 1 aliphatic carbocycles. The van der Waals surface area contributed by atoms with Crippen LogP contribution < -0.4 is 0 Å². The molecule has 1 aliphatic rings. The van der Waals surface area contributed by atoms with Crippen LogP contribution in [0.1, 0.15) is 24.0 Å². The molecule has 0 saturated heterocycles. The van der Waals surface area contributed by atoms with Gasteiger partial charge >= 0.3 is 0 Å². The quantitative estimate of drug-likeness (QED) is 0.557. The van der Waals surface area contributed by atoms with Gasteiger partial charge in [-0.25, -0.2) is 9.97 Å². The Balaban J connectivity index is 2.52. The summed E-state index contributed by atoms with van der Waals surface area (Å²) in [6.45, 7) is 4.05. The molecule has 0 radical (unpaired) electrons. The lowest BCUT2D eigenvalue weighted by Gasteiger charge is -1.96. The van der Waals surface area contributed by atoms with Gasteiger partial charge < -0.3 is 0 Å². The molecule has 1 aromatic heterocycles. The van der Waals surface area contributed by atoms with E-state index in [9.17, 15) is 0 Å². The van der Waals surface area contributed by atoms with Crippen LogP contribution in [0.15, 0.2) is 11.8 Å². The average Bonchev–Trinajstić information content (AvgIpc) is 2.27. The fourth-order valence-electron chi connectivity index (χ4n) is 1.37. The third-order valence-corrected chi connectivity index (χ3v) is 1.87. The third kappa shape index (κ3) is 1.04. The second-order valence-electron chi connectivity index (χ2n) is 2.99. The predicted octanol–water partition coefficient (Wildman–Crippen LogP) is 1.74. The van der Waals surface area contributed by atoms with Gasteiger partial charge in [-0.1, -0.05) is 11.6 Å². The Bertz CT molecular complexity index is 326. The van der Waals surface area contributed by atoms with Crippen LogP contribution in [0.5, 0.6) is 0 Å². The first kappa shape index (κ1) is 6.53. The summed E-state index contributed by atoms with van der Waals surface area (Å²) in [7, 11) is 0. The van der Waals surface area contributed by atoms with E-state index in [-0.39, 0.29) is 0 Å². The maximum Gasteiger partial charge on any atom is 0.125 e. The van der Waals surface area contributed by atoms with E-state index in [0.29, 0.717) is 0 Å². The summed E-state index contributed by atoms with van der Waals surface area (Å²) in [4.78, 5) is 8.47. The molecule has 0 N–H and O–H groups in total. The van der Waals surface area contributed by atoms with Crippen molar-refractivity contribution in [3.63, 3.8) is 0 Å². The van der Waals surface area contributed by atoms with E-state index in [4.69, 9.17) is 0 Å². The lowest BCUT2D eigenvalue weighted by Crippen LogP contribution is -1.93. The fourth-order valence-corrected chi connectivity index (χ4v) is 1.37. The van der Waals surface area contributed by atoms with E-state index < -0.39 is 0 Å². The number of fused-ring (bicyclic) bond motifs is 1. The highest BCUT2D eigenvalue weighted by Crippen LogP contribution is 2.21. The first-order chi connectivity index (χ1) is 5.25. The summed E-state index contributed by atoms with van der Waals surface area (Å²) >= 11 is 0. The van der Waals surface area contributed by atoms with E-state index in [0.717, 1.165) is 12.2 Å². The zero-order valence-electron chi connectivity index (χ0n) is 6.76. The molecule has 0 saturated carbocycles. The van der Waals surface area contributed by atoms with Gasteiger partial charge in [0.25, 0.3) is 0 Å². The lowest BCUT2D eigenvalue weighted by atomic mass is 10.2. The van der Waals surface area contributed by atoms with Gasteiger partial charge in [-0.2, -0.15) is 0 Å². The van der Waals surface area contributed by atoms with Crippen LogP contribution in [0.25, 0.3) is 6.08 Å². The number of nitrogens with zero attached hydrogens (tertiary/aromatic N) is 2. The average molecular weight is 146 g/mol. The first-order valence-corrected chi connectivity index (χ1v) is 3.75. The molecule has 11 heavy (non-hydrogen) atoms. The molecule has 56 valence electrons. The summed E-state index contributed by atoms with van der Waals surface area (Å²) in [6.07, 6.45) is 5.04. The zero-order chi connectivity index (χ0) is 7.84. The van der Waals surface area contributed by atoms with Gasteiger partial charge in [0.05, 0.1) is 5.69 Å². The van der Waals surface area contributed by atoms with E-state index in [2.05, 4.69) is 23.0 Å². The summed E-state index contributed by atoms with van der Waals surface area (Å²) in [5.41, 5.74) is 3.74. The Labute approximate surface area is 66.0 Å². The van der Waals surface area contributed by atoms with E-state index in [1.54, 1.807) is 0 Å². The molecule has 0 unspecified atom stereocenters. The van der Waals surface area contributed by atoms with Gasteiger partial charge in [0, 0.05) is 18.2 Å². The highest BCUT2D eigenvalue weighted by molar-refractivity contribution is 5.60. The van der Waals surface area contributed by atoms with Gasteiger partial charge in [0.2, 0.25) is 0 Å². The van der Waals surface area contributed by atoms with Crippen molar-refractivity contribution in [2.24, 2.45) is 0 Å². The van der Waals surface area contributed by atoms with Crippen molar-refractivity contribution in [1.82, 2.24) is 9.97 Å². The summed E-state index contributed by atoms with van der Waals surface area (Å²) in [5, 5.41) is 0. The maximum absolute atomic E-state index is 4.34. The molecule has 0 spiro atoms. The molecule has 0 amide bonds. The fraction of sp³-hybridized carbons (Fsp3) is 0.333. The Hall–Kier alpha value is -1.18. The van der Waals surface area contributed by atoms with Gasteiger partial charge in [-0.05, 0) is 13.8 Å². The number of hydrogen-bond acceptors (Lipinski definition) is 2. The van der Waals surface area contributed by atoms with Crippen LogP contribution in [-0.2, 0) is 6.42 Å². The second kappa shape index (κ2) is 2.16. The highest BCUT2D eigenvalue weighted by atomic mass is 14.9. The molecular formula is C9H10N2. The summed E-state index contributed by atoms with van der Waals surface area (Å²) < 4.78 is 0. The SMILES string of the molecule is CC1=Cc2cnc(C)nc2C1. The molecule has 1 heterocycles. The number of aryl methyl sites for hydroxylation is 1. The zero-order valence-corrected chi connectivity index (χ0v) is 6.76. The van der Waals surface area contributed by atoms with Crippen LogP contribution >= 0.6 is 0 Å². The molecule has 2 heteroatoms. The van der Waals surface area contributed by atoms with Crippen LogP contribution in [-0.4, -0.2) is 9.97 Å². The van der Waals surface area contributed by atoms with Crippen molar-refractivity contribution in [2.75, 3.05) is 0 Å². The molecule has 0 aromatic carbocycles. The maximum atomic E-state index is 4.34. The van der Waals surface area contributed by atoms with Crippen molar-refractivity contribution in [3.05, 3.63) is 28.9 Å². The van der Waals surface area contributed by atoms with Gasteiger partial charge in [0.15, 0.2) is 0 Å². The number of rotatable bonds is 0. The highest BCUT2D eigenvalue weighted by Gasteiger charge is 2.10. The Morgan fingerprint density at radius 1 is 1.36 bits per heavy atom. The van der Waals surface area contributed by atoms with Gasteiger partial charge in [-0.3, -0.25) is 0 Å². The summed E-state index contributed by atoms with van der Waals surface area (Å²) in [6, 6.07) is 0. The molecule has 0 bridgehead atoms. The van der Waals surface area contributed by atoms with E-state index in [1.165, 1.54) is 16.8 Å². The van der Waals surface area contributed by atoms with Crippen LogP contribution in [0.2, 0.25) is 0 Å². The van der Waals surface area contributed by atoms with E-state index >= 15 is 0 Å². The van der Waals surface area contributed by atoms with Crippen LogP contribution in [0.3, 0.4) is 0 Å². The van der Waals surface area contributed by atoms with Gasteiger partial charge in [0.1, 0.15) is 5.82 Å². The van der Waals surface area contributed by atoms with Gasteiger partial charge in [-0.15, -0.1) is 0 Å². The Morgan fingerprint density at radius 2 is 2.18 bits per heavy atom.